The Bertz CT molecular complexity index is 1210. The number of rotatable bonds is 6. The maximum absolute atomic E-state index is 13.4. The predicted octanol–water partition coefficient (Wildman–Crippen LogP) is 6.42. The molecule has 0 spiro atoms. The fourth-order valence-electron chi connectivity index (χ4n) is 5.53. The molecule has 9 heteroatoms. The molecule has 2 aliphatic rings. The Labute approximate surface area is 212 Å². The van der Waals surface area contributed by atoms with E-state index in [1.807, 2.05) is 26.0 Å². The van der Waals surface area contributed by atoms with Crippen molar-refractivity contribution in [3.63, 3.8) is 0 Å². The summed E-state index contributed by atoms with van der Waals surface area (Å²) in [5.41, 5.74) is -0.0244. The largest absolute Gasteiger partial charge is 0.491 e. The number of benzene rings is 2. The lowest BCUT2D eigenvalue weighted by atomic mass is 9.81. The molecular weight excluding hydrogens is 487 g/mol. The molecule has 1 amide bonds. The van der Waals surface area contributed by atoms with Gasteiger partial charge in [-0.15, -0.1) is 11.3 Å². The summed E-state index contributed by atoms with van der Waals surface area (Å²) in [5, 5.41) is 3.92. The van der Waals surface area contributed by atoms with E-state index in [0.29, 0.717) is 21.8 Å². The number of nitrogens with zero attached hydrogens (tertiary/aromatic N) is 2. The van der Waals surface area contributed by atoms with Crippen LogP contribution < -0.4 is 10.1 Å². The van der Waals surface area contributed by atoms with E-state index >= 15 is 0 Å². The van der Waals surface area contributed by atoms with Crippen LogP contribution in [0.25, 0.3) is 10.2 Å². The van der Waals surface area contributed by atoms with Crippen molar-refractivity contribution >= 4 is 27.5 Å². The number of hydrogen-bond donors (Lipinski definition) is 1. The molecule has 2 aromatic carbocycles. The van der Waals surface area contributed by atoms with Crippen LogP contribution in [0.5, 0.6) is 5.75 Å². The van der Waals surface area contributed by atoms with Gasteiger partial charge in [0, 0.05) is 23.7 Å². The molecule has 5 nitrogen and oxygen atoms in total. The highest BCUT2D eigenvalue weighted by Gasteiger charge is 2.39. The van der Waals surface area contributed by atoms with Crippen molar-refractivity contribution in [3.05, 3.63) is 58.6 Å². The van der Waals surface area contributed by atoms with Gasteiger partial charge < -0.3 is 10.1 Å². The van der Waals surface area contributed by atoms with Crippen molar-refractivity contribution < 1.29 is 22.7 Å². The minimum absolute atomic E-state index is 0.0436. The van der Waals surface area contributed by atoms with Gasteiger partial charge in [0.2, 0.25) is 0 Å². The number of para-hydroxylation sites is 1. The normalized spacial score (nSPS) is 22.7. The van der Waals surface area contributed by atoms with Crippen molar-refractivity contribution in [2.75, 3.05) is 0 Å². The number of aromatic nitrogens is 1. The second-order valence-electron chi connectivity index (χ2n) is 10.0. The van der Waals surface area contributed by atoms with Crippen molar-refractivity contribution in [1.29, 1.82) is 0 Å². The zero-order valence-electron chi connectivity index (χ0n) is 20.3. The third-order valence-electron chi connectivity index (χ3n) is 7.04. The molecule has 36 heavy (non-hydrogen) atoms. The quantitative estimate of drug-likeness (QED) is 0.410. The van der Waals surface area contributed by atoms with Crippen LogP contribution in [0.4, 0.5) is 13.2 Å². The number of hydrogen-bond acceptors (Lipinski definition) is 5. The van der Waals surface area contributed by atoms with E-state index in [9.17, 15) is 18.0 Å². The van der Waals surface area contributed by atoms with Crippen LogP contribution in [0, 0.1) is 0 Å². The SMILES string of the molecule is CC(C)Oc1ccc(C(=O)NC2CC3CCCC(C2)N3Cc2nc3c(C(F)(F)F)cccc3s2)cc1. The van der Waals surface area contributed by atoms with Crippen LogP contribution in [0.15, 0.2) is 42.5 Å². The average molecular weight is 518 g/mol. The highest BCUT2D eigenvalue weighted by atomic mass is 32.1. The third kappa shape index (κ3) is 5.37. The van der Waals surface area contributed by atoms with E-state index in [1.165, 1.54) is 17.4 Å². The summed E-state index contributed by atoms with van der Waals surface area (Å²) in [6, 6.07) is 12.1. The first-order chi connectivity index (χ1) is 17.2. The molecule has 2 bridgehead atoms. The average Bonchev–Trinajstić information content (AvgIpc) is 3.21. The van der Waals surface area contributed by atoms with Gasteiger partial charge >= 0.3 is 6.18 Å². The monoisotopic (exact) mass is 517 g/mol. The molecule has 0 saturated carbocycles. The molecule has 2 saturated heterocycles. The Kier molecular flexibility index (Phi) is 6.96. The zero-order chi connectivity index (χ0) is 25.4. The molecule has 0 aliphatic carbocycles. The first-order valence-electron chi connectivity index (χ1n) is 12.5. The van der Waals surface area contributed by atoms with Gasteiger partial charge in [-0.3, -0.25) is 9.69 Å². The van der Waals surface area contributed by atoms with Crippen molar-refractivity contribution in [1.82, 2.24) is 15.2 Å². The molecule has 3 heterocycles. The number of nitrogens with one attached hydrogen (secondary N) is 1. The van der Waals surface area contributed by atoms with Crippen LogP contribution in [0.1, 0.15) is 66.9 Å². The predicted molar refractivity (Wildman–Crippen MR) is 134 cm³/mol. The lowest BCUT2D eigenvalue weighted by Crippen LogP contribution is -2.56. The van der Waals surface area contributed by atoms with Gasteiger partial charge in [-0.1, -0.05) is 12.5 Å². The van der Waals surface area contributed by atoms with Gasteiger partial charge in [-0.05, 0) is 75.9 Å². The molecule has 192 valence electrons. The molecule has 0 radical (unpaired) electrons. The molecule has 2 aliphatic heterocycles. The van der Waals surface area contributed by atoms with E-state index in [0.717, 1.165) is 43.9 Å². The summed E-state index contributed by atoms with van der Waals surface area (Å²) in [6.45, 7) is 4.46. The lowest BCUT2D eigenvalue weighted by molar-refractivity contribution is -0.136. The topological polar surface area (TPSA) is 54.5 Å². The summed E-state index contributed by atoms with van der Waals surface area (Å²) < 4.78 is 46.5. The second kappa shape index (κ2) is 10.0. The van der Waals surface area contributed by atoms with Crippen LogP contribution in [-0.4, -0.2) is 40.0 Å². The molecule has 2 fully saturated rings. The Morgan fingerprint density at radius 3 is 2.47 bits per heavy atom. The second-order valence-corrected chi connectivity index (χ2v) is 11.1. The van der Waals surface area contributed by atoms with Crippen molar-refractivity contribution in [2.24, 2.45) is 0 Å². The lowest BCUT2D eigenvalue weighted by Gasteiger charge is -2.48. The fraction of sp³-hybridized carbons (Fsp3) is 0.481. The molecular formula is C27H30F3N3O2S. The van der Waals surface area contributed by atoms with Gasteiger partial charge in [0.15, 0.2) is 0 Å². The summed E-state index contributed by atoms with van der Waals surface area (Å²) in [5.74, 6) is 0.648. The number of carbonyl (C=O) groups excluding carboxylic acids is 1. The van der Waals surface area contributed by atoms with Crippen molar-refractivity contribution in [2.45, 2.75) is 82.9 Å². The van der Waals surface area contributed by atoms with E-state index in [4.69, 9.17) is 4.74 Å². The molecule has 1 N–H and O–H groups in total. The Balaban J connectivity index is 1.25. The summed E-state index contributed by atoms with van der Waals surface area (Å²) in [6.07, 6.45) is 0.474. The standard InChI is InChI=1S/C27H30F3N3O2S/c1-16(2)35-21-11-9-17(10-12-21)26(34)31-18-13-19-5-3-6-20(14-18)33(19)15-24-32-25-22(27(28,29)30)7-4-8-23(25)36-24/h4,7-12,16,18-20H,3,5-6,13-15H2,1-2H3,(H,31,34). The molecule has 5 rings (SSSR count). The Hall–Kier alpha value is -2.65. The summed E-state index contributed by atoms with van der Waals surface area (Å²) >= 11 is 1.34. The van der Waals surface area contributed by atoms with Crippen LogP contribution in [0.3, 0.4) is 0 Å². The number of carbonyl (C=O) groups is 1. The highest BCUT2D eigenvalue weighted by molar-refractivity contribution is 7.18. The van der Waals surface area contributed by atoms with Gasteiger partial charge in [0.05, 0.1) is 28.4 Å². The van der Waals surface area contributed by atoms with Crippen LogP contribution in [0.2, 0.25) is 0 Å². The number of amides is 1. The van der Waals surface area contributed by atoms with Gasteiger partial charge in [-0.2, -0.15) is 13.2 Å². The minimum atomic E-state index is -4.42. The van der Waals surface area contributed by atoms with Gasteiger partial charge in [-0.25, -0.2) is 4.98 Å². The molecule has 2 atom stereocenters. The number of ether oxygens (including phenoxy) is 1. The highest BCUT2D eigenvalue weighted by Crippen LogP contribution is 2.39. The van der Waals surface area contributed by atoms with E-state index in [-0.39, 0.29) is 35.7 Å². The smallest absolute Gasteiger partial charge is 0.418 e. The molecule has 2 unspecified atom stereocenters. The first-order valence-corrected chi connectivity index (χ1v) is 13.3. The number of thiazole rings is 1. The number of fused-ring (bicyclic) bond motifs is 3. The van der Waals surface area contributed by atoms with Gasteiger partial charge in [0.1, 0.15) is 10.8 Å². The third-order valence-corrected chi connectivity index (χ3v) is 8.04. The maximum Gasteiger partial charge on any atom is 0.418 e. The van der Waals surface area contributed by atoms with E-state index in [1.54, 1.807) is 18.2 Å². The first kappa shape index (κ1) is 25.0. The summed E-state index contributed by atoms with van der Waals surface area (Å²) in [7, 11) is 0. The minimum Gasteiger partial charge on any atom is -0.491 e. The number of piperidine rings is 2. The molecule has 3 aromatic rings. The maximum atomic E-state index is 13.4. The Morgan fingerprint density at radius 2 is 1.83 bits per heavy atom. The number of halogens is 3. The van der Waals surface area contributed by atoms with E-state index in [2.05, 4.69) is 15.2 Å². The van der Waals surface area contributed by atoms with Crippen LogP contribution in [-0.2, 0) is 12.7 Å². The van der Waals surface area contributed by atoms with Crippen LogP contribution >= 0.6 is 11.3 Å². The van der Waals surface area contributed by atoms with Gasteiger partial charge in [0.25, 0.3) is 5.91 Å². The van der Waals surface area contributed by atoms with Crippen molar-refractivity contribution in [3.8, 4) is 5.75 Å². The number of alkyl halides is 3. The summed E-state index contributed by atoms with van der Waals surface area (Å²) in [4.78, 5) is 19.7. The van der Waals surface area contributed by atoms with E-state index < -0.39 is 11.7 Å². The Morgan fingerprint density at radius 1 is 1.14 bits per heavy atom. The fourth-order valence-corrected chi connectivity index (χ4v) is 6.53. The molecule has 1 aromatic heterocycles. The zero-order valence-corrected chi connectivity index (χ0v) is 21.2.